The molecule has 132 valence electrons. The highest BCUT2D eigenvalue weighted by atomic mass is 32.2. The molecule has 1 aliphatic carbocycles. The van der Waals surface area contributed by atoms with Crippen LogP contribution < -0.4 is 0 Å². The molecule has 0 aromatic rings. The molecule has 1 aliphatic heterocycles. The quantitative estimate of drug-likeness (QED) is 0.408. The van der Waals surface area contributed by atoms with E-state index in [4.69, 9.17) is 0 Å². The fourth-order valence-corrected chi connectivity index (χ4v) is 2.71. The molecular formula is C17H29NO3S2. The molecule has 0 spiro atoms. The smallest absolute Gasteiger partial charge is 0.204 e. The number of carbonyl (C=O) groups excluding carboxylic acids is 3. The molecule has 0 bridgehead atoms. The summed E-state index contributed by atoms with van der Waals surface area (Å²) in [5.74, 6) is 0.312. The fourth-order valence-electron chi connectivity index (χ4n) is 1.94. The van der Waals surface area contributed by atoms with Crippen LogP contribution in [0.5, 0.6) is 0 Å². The van der Waals surface area contributed by atoms with Crippen molar-refractivity contribution in [2.75, 3.05) is 25.7 Å². The SMILES string of the molecule is C/C=C1/C(=O)C(C)C(=O)/C1=C/C.CC.CN1CSC(=O)C1.CS. The van der Waals surface area contributed by atoms with Crippen LogP contribution in [0.15, 0.2) is 23.3 Å². The first-order chi connectivity index (χ1) is 10.9. The molecule has 0 radical (unpaired) electrons. The summed E-state index contributed by atoms with van der Waals surface area (Å²) >= 11 is 4.92. The molecule has 1 saturated carbocycles. The van der Waals surface area contributed by atoms with Crippen molar-refractivity contribution in [1.29, 1.82) is 0 Å². The number of ketones is 2. The Hall–Kier alpha value is -0.850. The Balaban J connectivity index is 0. The molecule has 1 saturated heterocycles. The highest BCUT2D eigenvalue weighted by Gasteiger charge is 2.36. The molecule has 0 unspecified atom stereocenters. The Kier molecular flexibility index (Phi) is 14.4. The van der Waals surface area contributed by atoms with Crippen LogP contribution in [-0.2, 0) is 14.4 Å². The van der Waals surface area contributed by atoms with E-state index < -0.39 is 5.92 Å². The van der Waals surface area contributed by atoms with E-state index in [-0.39, 0.29) is 11.6 Å². The zero-order chi connectivity index (χ0) is 18.6. The first-order valence-corrected chi connectivity index (χ1v) is 9.50. The van der Waals surface area contributed by atoms with Crippen LogP contribution in [0.1, 0.15) is 34.6 Å². The van der Waals surface area contributed by atoms with Crippen LogP contribution in [0.4, 0.5) is 0 Å². The second-order valence-electron chi connectivity index (χ2n) is 4.51. The maximum Gasteiger partial charge on any atom is 0.204 e. The third-order valence-electron chi connectivity index (χ3n) is 3.03. The van der Waals surface area contributed by atoms with E-state index in [1.165, 1.54) is 11.8 Å². The zero-order valence-corrected chi connectivity index (χ0v) is 16.9. The van der Waals surface area contributed by atoms with Gasteiger partial charge in [-0.25, -0.2) is 0 Å². The van der Waals surface area contributed by atoms with Gasteiger partial charge >= 0.3 is 0 Å². The van der Waals surface area contributed by atoms with E-state index in [0.29, 0.717) is 22.8 Å². The zero-order valence-electron chi connectivity index (χ0n) is 15.2. The minimum absolute atomic E-state index is 0.0457. The molecule has 2 aliphatic rings. The van der Waals surface area contributed by atoms with Gasteiger partial charge in [0.15, 0.2) is 11.6 Å². The average molecular weight is 360 g/mol. The molecular weight excluding hydrogens is 330 g/mol. The van der Waals surface area contributed by atoms with E-state index in [2.05, 4.69) is 12.6 Å². The summed E-state index contributed by atoms with van der Waals surface area (Å²) in [6.45, 7) is 9.85. The first kappa shape index (κ1) is 24.4. The van der Waals surface area contributed by atoms with Crippen molar-refractivity contribution in [1.82, 2.24) is 4.90 Å². The van der Waals surface area contributed by atoms with Crippen LogP contribution in [0.3, 0.4) is 0 Å². The van der Waals surface area contributed by atoms with E-state index in [1.807, 2.05) is 25.8 Å². The van der Waals surface area contributed by atoms with Gasteiger partial charge in [0, 0.05) is 11.1 Å². The van der Waals surface area contributed by atoms with Crippen molar-refractivity contribution in [3.63, 3.8) is 0 Å². The van der Waals surface area contributed by atoms with Gasteiger partial charge in [0.1, 0.15) is 0 Å². The monoisotopic (exact) mass is 359 g/mol. The number of allylic oxidation sites excluding steroid dienone is 4. The van der Waals surface area contributed by atoms with Crippen LogP contribution in [0, 0.1) is 5.92 Å². The van der Waals surface area contributed by atoms with Gasteiger partial charge in [-0.05, 0) is 34.1 Å². The highest BCUT2D eigenvalue weighted by molar-refractivity contribution is 8.14. The lowest BCUT2D eigenvalue weighted by Crippen LogP contribution is -2.13. The van der Waals surface area contributed by atoms with Crippen LogP contribution >= 0.6 is 24.4 Å². The maximum absolute atomic E-state index is 11.4. The van der Waals surface area contributed by atoms with Crippen molar-refractivity contribution in [3.05, 3.63) is 23.3 Å². The fraction of sp³-hybridized carbons (Fsp3) is 0.588. The standard InChI is InChI=1S/C10H12O2.C4H7NOS.C2H6.CH4S/c1-4-7-8(5-2)10(12)6(3)9(7)11;1-5-2-4(6)7-3-5;2*1-2/h4-6H,1-3H3;2-3H2,1H3;1-2H3;2H,1H3/b7-4+,8-5+;;;. The number of hydrogen-bond acceptors (Lipinski definition) is 6. The molecule has 0 aromatic heterocycles. The molecule has 1 heterocycles. The predicted molar refractivity (Wildman–Crippen MR) is 103 cm³/mol. The number of thiol groups is 1. The van der Waals surface area contributed by atoms with Gasteiger partial charge in [-0.15, -0.1) is 0 Å². The second-order valence-corrected chi connectivity index (χ2v) is 5.52. The average Bonchev–Trinajstić information content (AvgIpc) is 3.06. The largest absolute Gasteiger partial charge is 0.293 e. The second kappa shape index (κ2) is 13.6. The summed E-state index contributed by atoms with van der Waals surface area (Å²) in [5, 5.41) is 0.294. The number of carbonyl (C=O) groups is 3. The van der Waals surface area contributed by atoms with E-state index in [1.54, 1.807) is 39.2 Å². The van der Waals surface area contributed by atoms with Gasteiger partial charge in [-0.2, -0.15) is 12.6 Å². The van der Waals surface area contributed by atoms with Crippen LogP contribution in [0.25, 0.3) is 0 Å². The van der Waals surface area contributed by atoms with Crippen molar-refractivity contribution in [2.45, 2.75) is 34.6 Å². The Morgan fingerprint density at radius 1 is 1.04 bits per heavy atom. The Morgan fingerprint density at radius 2 is 1.43 bits per heavy atom. The lowest BCUT2D eigenvalue weighted by molar-refractivity contribution is -0.124. The lowest BCUT2D eigenvalue weighted by atomic mass is 10.1. The molecule has 0 aromatic carbocycles. The Labute approximate surface area is 150 Å². The van der Waals surface area contributed by atoms with Crippen molar-refractivity contribution in [3.8, 4) is 0 Å². The summed E-state index contributed by atoms with van der Waals surface area (Å²) in [5.41, 5.74) is 1.16. The van der Waals surface area contributed by atoms with Gasteiger partial charge in [-0.3, -0.25) is 19.3 Å². The number of Topliss-reactive ketones (excluding diaryl/α,β-unsaturated/α-hetero) is 2. The molecule has 4 nitrogen and oxygen atoms in total. The Morgan fingerprint density at radius 3 is 1.61 bits per heavy atom. The van der Waals surface area contributed by atoms with Gasteiger partial charge in [0.25, 0.3) is 0 Å². The lowest BCUT2D eigenvalue weighted by Gasteiger charge is -1.98. The summed E-state index contributed by atoms with van der Waals surface area (Å²) in [6, 6.07) is 0. The Bertz CT molecular complexity index is 440. The molecule has 6 heteroatoms. The maximum atomic E-state index is 11.4. The van der Waals surface area contributed by atoms with E-state index in [0.717, 1.165) is 5.88 Å². The summed E-state index contributed by atoms with van der Waals surface area (Å²) < 4.78 is 0. The molecule has 0 N–H and O–H groups in total. The summed E-state index contributed by atoms with van der Waals surface area (Å²) in [4.78, 5) is 35.1. The van der Waals surface area contributed by atoms with Gasteiger partial charge in [0.05, 0.1) is 18.3 Å². The number of likely N-dealkylation sites (N-methyl/N-ethyl adjacent to an activating group) is 1. The first-order valence-electron chi connectivity index (χ1n) is 7.62. The van der Waals surface area contributed by atoms with Gasteiger partial charge < -0.3 is 0 Å². The molecule has 2 fully saturated rings. The van der Waals surface area contributed by atoms with Crippen LogP contribution in [-0.4, -0.2) is 47.3 Å². The predicted octanol–water partition coefficient (Wildman–Crippen LogP) is 3.39. The molecule has 0 amide bonds. The van der Waals surface area contributed by atoms with Crippen molar-refractivity contribution < 1.29 is 14.4 Å². The van der Waals surface area contributed by atoms with Gasteiger partial charge in [-0.1, -0.05) is 37.8 Å². The number of rotatable bonds is 0. The minimum atomic E-state index is -0.470. The van der Waals surface area contributed by atoms with Crippen molar-refractivity contribution in [2.24, 2.45) is 5.92 Å². The molecule has 23 heavy (non-hydrogen) atoms. The van der Waals surface area contributed by atoms with E-state index in [9.17, 15) is 14.4 Å². The summed E-state index contributed by atoms with van der Waals surface area (Å²) in [7, 11) is 1.94. The highest BCUT2D eigenvalue weighted by Crippen LogP contribution is 2.28. The molecule has 0 atom stereocenters. The van der Waals surface area contributed by atoms with Gasteiger partial charge in [0.2, 0.25) is 5.12 Å². The third-order valence-corrected chi connectivity index (χ3v) is 4.05. The number of nitrogens with zero attached hydrogens (tertiary/aromatic N) is 1. The third kappa shape index (κ3) is 7.50. The normalized spacial score (nSPS) is 21.5. The minimum Gasteiger partial charge on any atom is -0.293 e. The van der Waals surface area contributed by atoms with E-state index >= 15 is 0 Å². The topological polar surface area (TPSA) is 54.5 Å². The number of thioether (sulfide) groups is 1. The van der Waals surface area contributed by atoms with Crippen LogP contribution in [0.2, 0.25) is 0 Å². The number of hydrogen-bond donors (Lipinski definition) is 1. The van der Waals surface area contributed by atoms with Crippen molar-refractivity contribution >= 4 is 41.1 Å². The summed E-state index contributed by atoms with van der Waals surface area (Å²) in [6.07, 6.45) is 5.11. The molecule has 2 rings (SSSR count).